The van der Waals surface area contributed by atoms with Gasteiger partial charge < -0.3 is 19.3 Å². The number of rotatable bonds is 6. The van der Waals surface area contributed by atoms with Gasteiger partial charge in [-0.3, -0.25) is 4.79 Å². The van der Waals surface area contributed by atoms with Crippen LogP contribution >= 0.6 is 11.8 Å². The van der Waals surface area contributed by atoms with E-state index in [1.165, 1.54) is 24.9 Å². The molecule has 0 unspecified atom stereocenters. The van der Waals surface area contributed by atoms with Crippen molar-refractivity contribution < 1.29 is 40.6 Å². The molecule has 2 aromatic carbocycles. The van der Waals surface area contributed by atoms with Crippen LogP contribution in [-0.2, 0) is 23.8 Å². The fraction of sp³-hybridized carbons (Fsp3) is 0.300. The molecular weight excluding hydrogens is 610 g/mol. The Kier molecular flexibility index (Phi) is 8.82. The first kappa shape index (κ1) is 31.2. The molecule has 0 spiro atoms. The van der Waals surface area contributed by atoms with Crippen LogP contribution in [0.3, 0.4) is 0 Å². The number of aryl methyl sites for hydroxylation is 1. The van der Waals surface area contributed by atoms with Crippen molar-refractivity contribution in [1.29, 1.82) is 0 Å². The minimum atomic E-state index is -5.02. The Hall–Kier alpha value is -4.20. The van der Waals surface area contributed by atoms with Crippen molar-refractivity contribution in [2.75, 3.05) is 38.2 Å². The van der Waals surface area contributed by atoms with Gasteiger partial charge in [0.2, 0.25) is 0 Å². The fourth-order valence-corrected chi connectivity index (χ4v) is 5.67. The van der Waals surface area contributed by atoms with Crippen molar-refractivity contribution in [2.24, 2.45) is 4.99 Å². The summed E-state index contributed by atoms with van der Waals surface area (Å²) in [6.07, 6.45) is -8.31. The maximum atomic E-state index is 13.5. The molecule has 1 saturated heterocycles. The SMILES string of the molecule is COc1cc(C=C2SC(N3CCN(c4cccc(C)n4)CC3)=NC2=O)ccc1OCc1ccc(C(F)(F)F)cc1C(F)(F)F. The molecule has 232 valence electrons. The van der Waals surface area contributed by atoms with Gasteiger partial charge in [0.25, 0.3) is 5.91 Å². The summed E-state index contributed by atoms with van der Waals surface area (Å²) in [6.45, 7) is 4.06. The third-order valence-electron chi connectivity index (χ3n) is 6.97. The van der Waals surface area contributed by atoms with E-state index < -0.39 is 41.6 Å². The predicted molar refractivity (Wildman–Crippen MR) is 155 cm³/mol. The van der Waals surface area contributed by atoms with E-state index in [2.05, 4.69) is 14.9 Å². The van der Waals surface area contributed by atoms with Crippen LogP contribution in [-0.4, -0.2) is 54.2 Å². The number of ether oxygens (including phenoxy) is 2. The summed E-state index contributed by atoms with van der Waals surface area (Å²) in [7, 11) is 1.33. The normalized spacial score (nSPS) is 16.9. The lowest BCUT2D eigenvalue weighted by molar-refractivity contribution is -0.143. The highest BCUT2D eigenvalue weighted by Gasteiger charge is 2.38. The van der Waals surface area contributed by atoms with Gasteiger partial charge in [-0.05, 0) is 66.7 Å². The van der Waals surface area contributed by atoms with Crippen molar-refractivity contribution in [1.82, 2.24) is 9.88 Å². The third-order valence-corrected chi connectivity index (χ3v) is 8.01. The molecule has 0 aliphatic carbocycles. The zero-order valence-corrected chi connectivity index (χ0v) is 24.3. The minimum Gasteiger partial charge on any atom is -0.493 e. The smallest absolute Gasteiger partial charge is 0.416 e. The number of hydrogen-bond acceptors (Lipinski definition) is 7. The number of alkyl halides is 6. The van der Waals surface area contributed by atoms with E-state index in [0.717, 1.165) is 30.7 Å². The first-order chi connectivity index (χ1) is 20.8. The van der Waals surface area contributed by atoms with Gasteiger partial charge in [-0.25, -0.2) is 4.98 Å². The summed E-state index contributed by atoms with van der Waals surface area (Å²) in [6, 6.07) is 11.8. The number of halogens is 6. The van der Waals surface area contributed by atoms with E-state index in [9.17, 15) is 31.1 Å². The molecule has 1 aromatic heterocycles. The maximum absolute atomic E-state index is 13.5. The van der Waals surface area contributed by atoms with Crippen molar-refractivity contribution in [3.63, 3.8) is 0 Å². The van der Waals surface area contributed by atoms with Crippen molar-refractivity contribution in [3.8, 4) is 11.5 Å². The maximum Gasteiger partial charge on any atom is 0.416 e. The summed E-state index contributed by atoms with van der Waals surface area (Å²) in [4.78, 5) is 26.1. The molecule has 0 bridgehead atoms. The zero-order valence-electron chi connectivity index (χ0n) is 23.5. The highest BCUT2D eigenvalue weighted by Crippen LogP contribution is 2.39. The fourth-order valence-electron chi connectivity index (χ4n) is 4.71. The number of piperazine rings is 1. The number of amides is 1. The minimum absolute atomic E-state index is 0.0685. The Morgan fingerprint density at radius 1 is 0.909 bits per heavy atom. The van der Waals surface area contributed by atoms with Crippen LogP contribution < -0.4 is 14.4 Å². The van der Waals surface area contributed by atoms with E-state index in [4.69, 9.17) is 9.47 Å². The number of anilines is 1. The third kappa shape index (κ3) is 7.12. The number of benzene rings is 2. The van der Waals surface area contributed by atoms with Crippen LogP contribution in [0.2, 0.25) is 0 Å². The highest BCUT2D eigenvalue weighted by atomic mass is 32.2. The second-order valence-corrected chi connectivity index (χ2v) is 11.0. The van der Waals surface area contributed by atoms with Gasteiger partial charge >= 0.3 is 12.4 Å². The van der Waals surface area contributed by atoms with Crippen LogP contribution in [0.5, 0.6) is 11.5 Å². The standard InChI is InChI=1S/C30H26F6N4O3S/c1-18-4-3-5-26(37-18)39-10-12-40(13-11-39)28-38-27(41)25(44-28)15-19-6-9-23(24(14-19)42-2)43-17-20-7-8-21(29(31,32)33)16-22(20)30(34,35)36/h3-9,14-16H,10-13,17H2,1-2H3. The van der Waals surface area contributed by atoms with Crippen LogP contribution in [0.1, 0.15) is 27.9 Å². The van der Waals surface area contributed by atoms with Crippen LogP contribution in [0.15, 0.2) is 64.5 Å². The molecule has 2 aliphatic heterocycles. The van der Waals surface area contributed by atoms with Gasteiger partial charge in [0.1, 0.15) is 12.4 Å². The van der Waals surface area contributed by atoms with E-state index in [0.29, 0.717) is 34.8 Å². The van der Waals surface area contributed by atoms with Gasteiger partial charge in [0.05, 0.1) is 23.1 Å². The molecule has 0 atom stereocenters. The van der Waals surface area contributed by atoms with Crippen LogP contribution in [0.4, 0.5) is 32.2 Å². The number of thioether (sulfide) groups is 1. The first-order valence-electron chi connectivity index (χ1n) is 13.4. The molecule has 0 saturated carbocycles. The Morgan fingerprint density at radius 3 is 2.30 bits per heavy atom. The topological polar surface area (TPSA) is 67.3 Å². The van der Waals surface area contributed by atoms with E-state index in [-0.39, 0.29) is 17.6 Å². The van der Waals surface area contributed by atoms with Gasteiger partial charge in [0.15, 0.2) is 16.7 Å². The lowest BCUT2D eigenvalue weighted by atomic mass is 10.0. The number of amidine groups is 1. The Balaban J connectivity index is 1.24. The summed E-state index contributed by atoms with van der Waals surface area (Å²) in [5, 5.41) is 0.599. The number of nitrogens with zero attached hydrogens (tertiary/aromatic N) is 4. The van der Waals surface area contributed by atoms with Crippen LogP contribution in [0, 0.1) is 6.92 Å². The van der Waals surface area contributed by atoms with Crippen molar-refractivity contribution in [2.45, 2.75) is 25.9 Å². The summed E-state index contributed by atoms with van der Waals surface area (Å²) < 4.78 is 90.4. The van der Waals surface area contributed by atoms with Gasteiger partial charge in [-0.15, -0.1) is 0 Å². The molecule has 0 radical (unpaired) electrons. The Morgan fingerprint density at radius 2 is 1.64 bits per heavy atom. The lowest BCUT2D eigenvalue weighted by Gasteiger charge is -2.36. The van der Waals surface area contributed by atoms with E-state index >= 15 is 0 Å². The van der Waals surface area contributed by atoms with Crippen LogP contribution in [0.25, 0.3) is 6.08 Å². The zero-order chi connectivity index (χ0) is 31.6. The number of aliphatic imine (C=N–C) groups is 1. The quantitative estimate of drug-likeness (QED) is 0.218. The van der Waals surface area contributed by atoms with E-state index in [1.54, 1.807) is 18.2 Å². The van der Waals surface area contributed by atoms with Crippen molar-refractivity contribution in [3.05, 3.63) is 87.5 Å². The second-order valence-electron chi connectivity index (χ2n) is 9.99. The van der Waals surface area contributed by atoms with Gasteiger partial charge in [0, 0.05) is 37.4 Å². The highest BCUT2D eigenvalue weighted by molar-refractivity contribution is 8.18. The Labute approximate surface area is 253 Å². The number of carbonyl (C=O) groups excluding carboxylic acids is 1. The number of pyridine rings is 1. The summed E-state index contributed by atoms with van der Waals surface area (Å²) >= 11 is 1.25. The van der Waals surface area contributed by atoms with Gasteiger partial charge in [-0.2, -0.15) is 31.3 Å². The molecule has 44 heavy (non-hydrogen) atoms. The van der Waals surface area contributed by atoms with E-state index in [1.807, 2.05) is 30.0 Å². The molecular formula is C30H26F6N4O3S. The summed E-state index contributed by atoms with van der Waals surface area (Å²) in [5.74, 6) is 0.751. The molecule has 7 nitrogen and oxygen atoms in total. The number of methoxy groups -OCH3 is 1. The summed E-state index contributed by atoms with van der Waals surface area (Å²) in [5.41, 5.74) is -1.81. The number of hydrogen-bond donors (Lipinski definition) is 0. The largest absolute Gasteiger partial charge is 0.493 e. The number of aromatic nitrogens is 1. The monoisotopic (exact) mass is 636 g/mol. The predicted octanol–water partition coefficient (Wildman–Crippen LogP) is 6.81. The lowest BCUT2D eigenvalue weighted by Crippen LogP contribution is -2.48. The average molecular weight is 637 g/mol. The molecule has 5 rings (SSSR count). The molecule has 3 heterocycles. The molecule has 3 aromatic rings. The average Bonchev–Trinajstić information content (AvgIpc) is 3.35. The van der Waals surface area contributed by atoms with Gasteiger partial charge in [-0.1, -0.05) is 18.2 Å². The molecule has 1 amide bonds. The first-order valence-corrected chi connectivity index (χ1v) is 14.2. The molecule has 2 aliphatic rings. The second kappa shape index (κ2) is 12.4. The Bertz CT molecular complexity index is 1610. The molecule has 1 fully saturated rings. The number of carbonyl (C=O) groups is 1. The van der Waals surface area contributed by atoms with Crippen molar-refractivity contribution >= 4 is 34.7 Å². The molecule has 14 heteroatoms. The molecule has 0 N–H and O–H groups in total.